The van der Waals surface area contributed by atoms with Crippen LogP contribution in [-0.4, -0.2) is 33.6 Å². The van der Waals surface area contributed by atoms with Crippen LogP contribution in [0.25, 0.3) is 0 Å². The predicted molar refractivity (Wildman–Crippen MR) is 83.8 cm³/mol. The maximum absolute atomic E-state index is 12.1. The number of nitrogens with zero attached hydrogens (tertiary/aromatic N) is 1. The Balaban J connectivity index is 1.76. The summed E-state index contributed by atoms with van der Waals surface area (Å²) in [7, 11) is -3.36. The number of nitrogens with two attached hydrogens (primary N) is 1. The van der Waals surface area contributed by atoms with Gasteiger partial charge in [-0.1, -0.05) is 0 Å². The molecule has 1 aromatic carbocycles. The summed E-state index contributed by atoms with van der Waals surface area (Å²) < 4.78 is 27.0. The Labute approximate surface area is 126 Å². The van der Waals surface area contributed by atoms with Gasteiger partial charge < -0.3 is 10.6 Å². The number of piperidine rings is 1. The summed E-state index contributed by atoms with van der Waals surface area (Å²) in [6.45, 7) is 1.64. The fourth-order valence-corrected chi connectivity index (χ4v) is 4.20. The molecular formula is C15H23N3O2S. The second-order valence-electron chi connectivity index (χ2n) is 5.97. The zero-order valence-corrected chi connectivity index (χ0v) is 13.0. The summed E-state index contributed by atoms with van der Waals surface area (Å²) in [6, 6.07) is 7.69. The van der Waals surface area contributed by atoms with Crippen molar-refractivity contribution < 1.29 is 8.42 Å². The van der Waals surface area contributed by atoms with Crippen molar-refractivity contribution in [1.82, 2.24) is 4.72 Å². The van der Waals surface area contributed by atoms with Crippen LogP contribution in [-0.2, 0) is 10.0 Å². The number of rotatable bonds is 5. The smallest absolute Gasteiger partial charge is 0.240 e. The molecule has 0 bridgehead atoms. The van der Waals surface area contributed by atoms with Crippen LogP contribution >= 0.6 is 0 Å². The molecule has 0 spiro atoms. The van der Waals surface area contributed by atoms with Crippen LogP contribution in [0.5, 0.6) is 0 Å². The van der Waals surface area contributed by atoms with Crippen molar-refractivity contribution in [2.75, 3.05) is 18.0 Å². The second kappa shape index (κ2) is 5.94. The predicted octanol–water partition coefficient (Wildman–Crippen LogP) is 1.44. The molecule has 5 nitrogen and oxygen atoms in total. The van der Waals surface area contributed by atoms with Crippen molar-refractivity contribution in [2.45, 2.75) is 49.1 Å². The van der Waals surface area contributed by atoms with E-state index in [-0.39, 0.29) is 6.04 Å². The Morgan fingerprint density at radius 1 is 1.14 bits per heavy atom. The molecule has 1 aromatic rings. The van der Waals surface area contributed by atoms with Gasteiger partial charge in [-0.25, -0.2) is 13.1 Å². The van der Waals surface area contributed by atoms with Crippen LogP contribution < -0.4 is 15.4 Å². The molecule has 116 valence electrons. The highest BCUT2D eigenvalue weighted by molar-refractivity contribution is 7.89. The molecule has 6 heteroatoms. The van der Waals surface area contributed by atoms with E-state index in [0.717, 1.165) is 31.5 Å². The molecule has 3 rings (SSSR count). The summed E-state index contributed by atoms with van der Waals surface area (Å²) in [5.74, 6) is 0. The molecule has 1 atom stereocenters. The number of nitrogens with one attached hydrogen (secondary N) is 1. The van der Waals surface area contributed by atoms with E-state index in [1.807, 2.05) is 12.1 Å². The minimum Gasteiger partial charge on any atom is -0.367 e. The van der Waals surface area contributed by atoms with Gasteiger partial charge in [-0.15, -0.1) is 0 Å². The van der Waals surface area contributed by atoms with Gasteiger partial charge in [0.05, 0.1) is 4.90 Å². The molecular weight excluding hydrogens is 286 g/mol. The minimum absolute atomic E-state index is 0.137. The summed E-state index contributed by atoms with van der Waals surface area (Å²) in [5, 5.41) is 0. The van der Waals surface area contributed by atoms with Crippen molar-refractivity contribution in [3.63, 3.8) is 0 Å². The van der Waals surface area contributed by atoms with Gasteiger partial charge >= 0.3 is 0 Å². The first-order chi connectivity index (χ1) is 10.1. The average molecular weight is 309 g/mol. The Bertz CT molecular complexity index is 581. The minimum atomic E-state index is -3.36. The maximum Gasteiger partial charge on any atom is 0.240 e. The van der Waals surface area contributed by atoms with E-state index in [2.05, 4.69) is 9.62 Å². The molecule has 1 heterocycles. The highest BCUT2D eigenvalue weighted by atomic mass is 32.2. The molecule has 21 heavy (non-hydrogen) atoms. The summed E-state index contributed by atoms with van der Waals surface area (Å²) >= 11 is 0. The Morgan fingerprint density at radius 3 is 2.48 bits per heavy atom. The first kappa shape index (κ1) is 14.8. The van der Waals surface area contributed by atoms with Crippen molar-refractivity contribution in [2.24, 2.45) is 5.73 Å². The van der Waals surface area contributed by atoms with Crippen LogP contribution in [0.3, 0.4) is 0 Å². The van der Waals surface area contributed by atoms with Crippen LogP contribution in [0.4, 0.5) is 5.69 Å². The van der Waals surface area contributed by atoms with E-state index in [0.29, 0.717) is 17.5 Å². The second-order valence-corrected chi connectivity index (χ2v) is 7.68. The topological polar surface area (TPSA) is 75.4 Å². The third-order valence-corrected chi connectivity index (χ3v) is 5.81. The molecule has 2 fully saturated rings. The lowest BCUT2D eigenvalue weighted by molar-refractivity contribution is 0.465. The fourth-order valence-electron chi connectivity index (χ4n) is 2.89. The third-order valence-electron chi connectivity index (χ3n) is 4.28. The highest BCUT2D eigenvalue weighted by Gasteiger charge is 2.28. The van der Waals surface area contributed by atoms with Crippen LogP contribution in [0.1, 0.15) is 32.1 Å². The van der Waals surface area contributed by atoms with Gasteiger partial charge in [-0.3, -0.25) is 0 Å². The Morgan fingerprint density at radius 2 is 1.86 bits per heavy atom. The first-order valence-corrected chi connectivity index (χ1v) is 9.17. The lowest BCUT2D eigenvalue weighted by atomic mass is 10.0. The van der Waals surface area contributed by atoms with Crippen molar-refractivity contribution in [3.05, 3.63) is 24.3 Å². The van der Waals surface area contributed by atoms with E-state index in [9.17, 15) is 8.42 Å². The maximum atomic E-state index is 12.1. The molecule has 1 aliphatic carbocycles. The number of hydrogen-bond acceptors (Lipinski definition) is 4. The van der Waals surface area contributed by atoms with Gasteiger partial charge in [0, 0.05) is 30.9 Å². The zero-order chi connectivity index (χ0) is 14.9. The van der Waals surface area contributed by atoms with Gasteiger partial charge in [0.15, 0.2) is 0 Å². The SMILES string of the molecule is NCC1CCCCN1c1ccc(S(=O)(=O)NC2CC2)cc1. The average Bonchev–Trinajstić information content (AvgIpc) is 3.30. The Kier molecular flexibility index (Phi) is 4.19. The van der Waals surface area contributed by atoms with Gasteiger partial charge in [-0.2, -0.15) is 0 Å². The fraction of sp³-hybridized carbons (Fsp3) is 0.600. The number of anilines is 1. The molecule has 0 aromatic heterocycles. The lowest BCUT2D eigenvalue weighted by Crippen LogP contribution is -2.44. The third kappa shape index (κ3) is 3.39. The monoisotopic (exact) mass is 309 g/mol. The van der Waals surface area contributed by atoms with Crippen LogP contribution in [0.2, 0.25) is 0 Å². The van der Waals surface area contributed by atoms with Gasteiger partial charge in [0.25, 0.3) is 0 Å². The molecule has 1 saturated carbocycles. The van der Waals surface area contributed by atoms with E-state index in [1.54, 1.807) is 12.1 Å². The highest BCUT2D eigenvalue weighted by Crippen LogP contribution is 2.26. The number of hydrogen-bond donors (Lipinski definition) is 2. The van der Waals surface area contributed by atoms with E-state index in [4.69, 9.17) is 5.73 Å². The molecule has 0 amide bonds. The summed E-state index contributed by atoms with van der Waals surface area (Å²) in [5.41, 5.74) is 6.91. The molecule has 1 aliphatic heterocycles. The zero-order valence-electron chi connectivity index (χ0n) is 12.2. The van der Waals surface area contributed by atoms with Crippen molar-refractivity contribution in [1.29, 1.82) is 0 Å². The van der Waals surface area contributed by atoms with Crippen LogP contribution in [0.15, 0.2) is 29.2 Å². The molecule has 1 unspecified atom stereocenters. The normalized spacial score (nSPS) is 23.3. The van der Waals surface area contributed by atoms with Crippen molar-refractivity contribution >= 4 is 15.7 Å². The first-order valence-electron chi connectivity index (χ1n) is 7.69. The molecule has 2 aliphatic rings. The van der Waals surface area contributed by atoms with Crippen LogP contribution in [0, 0.1) is 0 Å². The Hall–Kier alpha value is -1.11. The lowest BCUT2D eigenvalue weighted by Gasteiger charge is -2.37. The van der Waals surface area contributed by atoms with Crippen molar-refractivity contribution in [3.8, 4) is 0 Å². The molecule has 3 N–H and O–H groups in total. The largest absolute Gasteiger partial charge is 0.367 e. The van der Waals surface area contributed by atoms with Gasteiger partial charge in [-0.05, 0) is 56.4 Å². The summed E-state index contributed by atoms with van der Waals surface area (Å²) in [4.78, 5) is 2.65. The number of sulfonamides is 1. The van der Waals surface area contributed by atoms with Gasteiger partial charge in [0.1, 0.15) is 0 Å². The standard InChI is InChI=1S/C15H23N3O2S/c16-11-14-3-1-2-10-18(14)13-6-8-15(9-7-13)21(19,20)17-12-4-5-12/h6-9,12,14,17H,1-5,10-11,16H2. The number of benzene rings is 1. The molecule has 1 saturated heterocycles. The van der Waals surface area contributed by atoms with Gasteiger partial charge in [0.2, 0.25) is 10.0 Å². The quantitative estimate of drug-likeness (QED) is 0.863. The van der Waals surface area contributed by atoms with E-state index >= 15 is 0 Å². The molecule has 0 radical (unpaired) electrons. The summed E-state index contributed by atoms with van der Waals surface area (Å²) in [6.07, 6.45) is 5.39. The van der Waals surface area contributed by atoms with E-state index < -0.39 is 10.0 Å². The van der Waals surface area contributed by atoms with E-state index in [1.165, 1.54) is 12.8 Å².